The van der Waals surface area contributed by atoms with Gasteiger partial charge in [-0.05, 0) is 31.1 Å². The Bertz CT molecular complexity index is 323. The molecule has 0 saturated heterocycles. The van der Waals surface area contributed by atoms with Gasteiger partial charge in [-0.3, -0.25) is 14.8 Å². The molecule has 2 rings (SSSR count). The number of amides is 1. The summed E-state index contributed by atoms with van der Waals surface area (Å²) < 4.78 is 0. The van der Waals surface area contributed by atoms with Crippen molar-refractivity contribution in [2.24, 2.45) is 17.8 Å². The van der Waals surface area contributed by atoms with Gasteiger partial charge >= 0.3 is 5.97 Å². The number of hydrogen-bond acceptors (Lipinski definition) is 3. The molecule has 2 fully saturated rings. The van der Waals surface area contributed by atoms with Crippen LogP contribution in [0, 0.1) is 17.8 Å². The third-order valence-electron chi connectivity index (χ3n) is 4.56. The molecule has 0 aliphatic heterocycles. The minimum absolute atomic E-state index is 0.153. The van der Waals surface area contributed by atoms with Crippen LogP contribution in [-0.2, 0) is 9.59 Å². The molecule has 1 amide bonds. The van der Waals surface area contributed by atoms with E-state index in [-0.39, 0.29) is 5.92 Å². The van der Waals surface area contributed by atoms with E-state index in [1.807, 2.05) is 0 Å². The summed E-state index contributed by atoms with van der Waals surface area (Å²) in [6.07, 6.45) is 8.47. The zero-order valence-electron chi connectivity index (χ0n) is 11.2. The Morgan fingerprint density at radius 1 is 1.21 bits per heavy atom. The molecule has 0 spiro atoms. The highest BCUT2D eigenvalue weighted by Crippen LogP contribution is 2.41. The summed E-state index contributed by atoms with van der Waals surface area (Å²) in [6, 6.07) is -0.545. The van der Waals surface area contributed by atoms with E-state index in [9.17, 15) is 19.9 Å². The minimum atomic E-state index is -0.886. The van der Waals surface area contributed by atoms with E-state index in [0.29, 0.717) is 23.8 Å². The third-order valence-corrected chi connectivity index (χ3v) is 4.56. The fourth-order valence-electron chi connectivity index (χ4n) is 3.41. The fourth-order valence-corrected chi connectivity index (χ4v) is 3.41. The molecule has 0 heterocycles. The predicted molar refractivity (Wildman–Crippen MR) is 68.5 cm³/mol. The number of nitrogens with zero attached hydrogens (tertiary/aromatic N) is 1. The smallest absolute Gasteiger partial charge is 0.308 e. The highest BCUT2D eigenvalue weighted by atomic mass is 16.5. The zero-order valence-corrected chi connectivity index (χ0v) is 11.2. The topological polar surface area (TPSA) is 77.8 Å². The van der Waals surface area contributed by atoms with E-state index in [2.05, 4.69) is 0 Å². The molecule has 2 aliphatic carbocycles. The molecule has 0 unspecified atom stereocenters. The first-order valence-electron chi connectivity index (χ1n) is 7.28. The molecular weight excluding hydrogens is 246 g/mol. The monoisotopic (exact) mass is 269 g/mol. The average Bonchev–Trinajstić information content (AvgIpc) is 3.23. The van der Waals surface area contributed by atoms with Crippen LogP contribution >= 0.6 is 0 Å². The van der Waals surface area contributed by atoms with E-state index in [0.717, 1.165) is 25.7 Å². The molecule has 2 aliphatic rings. The average molecular weight is 269 g/mol. The van der Waals surface area contributed by atoms with Crippen LogP contribution < -0.4 is 0 Å². The molecule has 2 saturated carbocycles. The summed E-state index contributed by atoms with van der Waals surface area (Å²) in [5.41, 5.74) is 0. The van der Waals surface area contributed by atoms with E-state index in [1.54, 1.807) is 0 Å². The molecule has 0 aromatic carbocycles. The minimum Gasteiger partial charge on any atom is -0.481 e. The second kappa shape index (κ2) is 6.37. The normalized spacial score (nSPS) is 23.6. The van der Waals surface area contributed by atoms with Crippen molar-refractivity contribution in [1.29, 1.82) is 0 Å². The summed E-state index contributed by atoms with van der Waals surface area (Å²) >= 11 is 0. The largest absolute Gasteiger partial charge is 0.481 e. The Kier molecular flexibility index (Phi) is 4.80. The maximum Gasteiger partial charge on any atom is 0.308 e. The van der Waals surface area contributed by atoms with Crippen molar-refractivity contribution in [2.75, 3.05) is 0 Å². The first-order valence-corrected chi connectivity index (χ1v) is 7.28. The van der Waals surface area contributed by atoms with E-state index < -0.39 is 17.9 Å². The number of carboxylic acid groups (broad SMARTS) is 1. The van der Waals surface area contributed by atoms with Gasteiger partial charge in [-0.2, -0.15) is 0 Å². The highest BCUT2D eigenvalue weighted by Gasteiger charge is 2.44. The lowest BCUT2D eigenvalue weighted by molar-refractivity contribution is -0.175. The molecule has 2 N–H and O–H groups in total. The van der Waals surface area contributed by atoms with Gasteiger partial charge in [-0.25, -0.2) is 5.06 Å². The SMILES string of the molecule is O=CN(O)[C@@H](C1CC1)[C@@H](CC1CCCCC1)C(=O)O. The van der Waals surface area contributed by atoms with Crippen LogP contribution in [0.15, 0.2) is 0 Å². The van der Waals surface area contributed by atoms with Crippen molar-refractivity contribution < 1.29 is 19.9 Å². The van der Waals surface area contributed by atoms with Gasteiger partial charge in [0.15, 0.2) is 0 Å². The van der Waals surface area contributed by atoms with Gasteiger partial charge in [-0.15, -0.1) is 0 Å². The number of rotatable bonds is 7. The molecule has 19 heavy (non-hydrogen) atoms. The molecule has 0 radical (unpaired) electrons. The van der Waals surface area contributed by atoms with Crippen molar-refractivity contribution in [3.63, 3.8) is 0 Å². The van der Waals surface area contributed by atoms with Crippen LogP contribution in [0.5, 0.6) is 0 Å². The lowest BCUT2D eigenvalue weighted by Gasteiger charge is -2.32. The summed E-state index contributed by atoms with van der Waals surface area (Å²) in [5.74, 6) is -0.940. The van der Waals surface area contributed by atoms with Crippen molar-refractivity contribution in [2.45, 2.75) is 57.4 Å². The van der Waals surface area contributed by atoms with Gasteiger partial charge in [0.25, 0.3) is 0 Å². The second-order valence-corrected chi connectivity index (χ2v) is 6.00. The van der Waals surface area contributed by atoms with Gasteiger partial charge < -0.3 is 5.11 Å². The standard InChI is InChI=1S/C14H23NO4/c16-9-15(19)13(11-6-7-11)12(14(17)18)8-10-4-2-1-3-5-10/h9-13,19H,1-8H2,(H,17,18)/t12-,13+/m1/s1. The maximum atomic E-state index is 11.5. The van der Waals surface area contributed by atoms with E-state index in [4.69, 9.17) is 0 Å². The summed E-state index contributed by atoms with van der Waals surface area (Å²) in [4.78, 5) is 22.3. The number of hydroxylamine groups is 2. The van der Waals surface area contributed by atoms with Crippen molar-refractivity contribution >= 4 is 12.4 Å². The van der Waals surface area contributed by atoms with Gasteiger partial charge in [0.05, 0.1) is 12.0 Å². The number of carboxylic acids is 1. The third kappa shape index (κ3) is 3.69. The summed E-state index contributed by atoms with van der Waals surface area (Å²) in [5, 5.41) is 19.7. The molecule has 0 aromatic rings. The molecule has 108 valence electrons. The quantitative estimate of drug-likeness (QED) is 0.422. The zero-order chi connectivity index (χ0) is 13.8. The molecule has 2 atom stereocenters. The van der Waals surface area contributed by atoms with Gasteiger partial charge in [0, 0.05) is 0 Å². The first-order chi connectivity index (χ1) is 9.13. The van der Waals surface area contributed by atoms with Crippen molar-refractivity contribution in [1.82, 2.24) is 5.06 Å². The van der Waals surface area contributed by atoms with Crippen molar-refractivity contribution in [3.05, 3.63) is 0 Å². The van der Waals surface area contributed by atoms with Gasteiger partial charge in [-0.1, -0.05) is 32.1 Å². The van der Waals surface area contributed by atoms with Crippen LogP contribution in [0.2, 0.25) is 0 Å². The fraction of sp³-hybridized carbons (Fsp3) is 0.857. The van der Waals surface area contributed by atoms with Crippen molar-refractivity contribution in [3.8, 4) is 0 Å². The Morgan fingerprint density at radius 3 is 2.32 bits per heavy atom. The predicted octanol–water partition coefficient (Wildman–Crippen LogP) is 2.28. The summed E-state index contributed by atoms with van der Waals surface area (Å²) in [6.45, 7) is 0. The highest BCUT2D eigenvalue weighted by molar-refractivity contribution is 5.71. The van der Waals surface area contributed by atoms with Crippen LogP contribution in [0.4, 0.5) is 0 Å². The summed E-state index contributed by atoms with van der Waals surface area (Å²) in [7, 11) is 0. The molecule has 0 aromatic heterocycles. The van der Waals surface area contributed by atoms with Crippen LogP contribution in [-0.4, -0.2) is 33.8 Å². The molecule has 5 heteroatoms. The Morgan fingerprint density at radius 2 is 1.84 bits per heavy atom. The van der Waals surface area contributed by atoms with E-state index >= 15 is 0 Å². The number of aliphatic carboxylic acids is 1. The van der Waals surface area contributed by atoms with Crippen LogP contribution in [0.1, 0.15) is 51.4 Å². The van der Waals surface area contributed by atoms with Gasteiger partial charge in [0.1, 0.15) is 0 Å². The van der Waals surface area contributed by atoms with Gasteiger partial charge in [0.2, 0.25) is 6.41 Å². The lowest BCUT2D eigenvalue weighted by atomic mass is 9.79. The van der Waals surface area contributed by atoms with E-state index in [1.165, 1.54) is 19.3 Å². The molecule has 5 nitrogen and oxygen atoms in total. The Labute approximate surface area is 113 Å². The van der Waals surface area contributed by atoms with Crippen LogP contribution in [0.3, 0.4) is 0 Å². The number of carbonyl (C=O) groups is 2. The van der Waals surface area contributed by atoms with Crippen LogP contribution in [0.25, 0.3) is 0 Å². The lowest BCUT2D eigenvalue weighted by Crippen LogP contribution is -2.43. The molecular formula is C14H23NO4. The first kappa shape index (κ1) is 14.3. The number of carbonyl (C=O) groups excluding carboxylic acids is 1. The second-order valence-electron chi connectivity index (χ2n) is 6.00. The number of hydrogen-bond donors (Lipinski definition) is 2. The maximum absolute atomic E-state index is 11.5. The Hall–Kier alpha value is -1.10. The molecule has 0 bridgehead atoms. The Balaban J connectivity index is 2.03.